The van der Waals surface area contributed by atoms with Crippen LogP contribution in [0.3, 0.4) is 0 Å². The van der Waals surface area contributed by atoms with Gasteiger partial charge in [0, 0.05) is 0 Å². The molecule has 0 unspecified atom stereocenters. The lowest BCUT2D eigenvalue weighted by atomic mass is 10.00. The second-order valence-corrected chi connectivity index (χ2v) is 8.41. The maximum absolute atomic E-state index is 2.25. The molecule has 0 nitrogen and oxygen atoms in total. The van der Waals surface area contributed by atoms with Gasteiger partial charge in [-0.2, -0.15) is 0 Å². The number of benzene rings is 4. The summed E-state index contributed by atoms with van der Waals surface area (Å²) in [4.78, 5) is 0. The molecule has 0 aliphatic heterocycles. The lowest BCUT2D eigenvalue weighted by Crippen LogP contribution is -1.83. The van der Waals surface area contributed by atoms with Crippen LogP contribution in [0, 0.1) is 41.5 Å². The first-order valence-corrected chi connectivity index (χ1v) is 14.6. The normalized spacial score (nSPS) is 8.79. The largest absolute Gasteiger partial charge is 0.0683 e. The van der Waals surface area contributed by atoms with Crippen molar-refractivity contribution in [3.8, 4) is 22.3 Å². The maximum atomic E-state index is 2.25. The molecule has 4 rings (SSSR count). The Morgan fingerprint density at radius 3 is 0.974 bits per heavy atom. The van der Waals surface area contributed by atoms with Crippen molar-refractivity contribution in [1.82, 2.24) is 0 Å². The quantitative estimate of drug-likeness (QED) is 0.250. The van der Waals surface area contributed by atoms with Gasteiger partial charge in [-0.25, -0.2) is 0 Å². The average Bonchev–Trinajstić information content (AvgIpc) is 2.95. The molecule has 0 N–H and O–H groups in total. The van der Waals surface area contributed by atoms with Gasteiger partial charge in [0.15, 0.2) is 0 Å². The standard InChI is InChI=1S/2C15H16.4C2H6/c1-11-4-7-14(8-5-11)15-9-6-12(2)13(3)10-15;1-11-4-6-14(7-5-11)15-9-12(2)8-13(3)10-15;4*1-2/h2*4-10H,1-3H3;4*1-2H3. The summed E-state index contributed by atoms with van der Waals surface area (Å²) < 4.78 is 0. The molecule has 4 aromatic carbocycles. The molecule has 0 spiro atoms. The van der Waals surface area contributed by atoms with Crippen LogP contribution in [0.2, 0.25) is 0 Å². The van der Waals surface area contributed by atoms with Crippen LogP contribution >= 0.6 is 0 Å². The summed E-state index contributed by atoms with van der Waals surface area (Å²) in [6.07, 6.45) is 0. The molecule has 0 saturated heterocycles. The topological polar surface area (TPSA) is 0 Å². The minimum absolute atomic E-state index is 1.30. The van der Waals surface area contributed by atoms with Crippen LogP contribution in [0.1, 0.15) is 88.8 Å². The van der Waals surface area contributed by atoms with E-state index in [1.54, 1.807) is 0 Å². The fourth-order valence-electron chi connectivity index (χ4n) is 3.55. The third kappa shape index (κ3) is 13.4. The third-order valence-electron chi connectivity index (χ3n) is 5.50. The fraction of sp³-hybridized carbons (Fsp3) is 0.368. The zero-order chi connectivity index (χ0) is 29.7. The van der Waals surface area contributed by atoms with Crippen LogP contribution < -0.4 is 0 Å². The lowest BCUT2D eigenvalue weighted by Gasteiger charge is -2.05. The first-order valence-electron chi connectivity index (χ1n) is 14.6. The van der Waals surface area contributed by atoms with Crippen molar-refractivity contribution in [2.45, 2.75) is 96.9 Å². The van der Waals surface area contributed by atoms with Crippen molar-refractivity contribution in [1.29, 1.82) is 0 Å². The van der Waals surface area contributed by atoms with E-state index in [1.165, 1.54) is 55.6 Å². The van der Waals surface area contributed by atoms with Gasteiger partial charge in [0.05, 0.1) is 0 Å². The molecule has 0 fully saturated rings. The predicted octanol–water partition coefficient (Wildman–Crippen LogP) is 12.7. The fourth-order valence-corrected chi connectivity index (χ4v) is 3.55. The third-order valence-corrected chi connectivity index (χ3v) is 5.50. The number of hydrogen-bond acceptors (Lipinski definition) is 0. The van der Waals surface area contributed by atoms with Gasteiger partial charge in [0.1, 0.15) is 0 Å². The molecule has 0 saturated carbocycles. The van der Waals surface area contributed by atoms with Gasteiger partial charge in [-0.1, -0.05) is 163 Å². The molecule has 4 aromatic rings. The Kier molecular flexibility index (Phi) is 21.4. The number of aryl methyl sites for hydroxylation is 6. The molecule has 0 heterocycles. The Bertz CT molecular complexity index is 1090. The van der Waals surface area contributed by atoms with E-state index in [-0.39, 0.29) is 0 Å². The zero-order valence-corrected chi connectivity index (χ0v) is 27.1. The second kappa shape index (κ2) is 21.9. The predicted molar refractivity (Wildman–Crippen MR) is 178 cm³/mol. The van der Waals surface area contributed by atoms with Crippen LogP contribution in [-0.2, 0) is 0 Å². The van der Waals surface area contributed by atoms with Crippen molar-refractivity contribution in [2.75, 3.05) is 0 Å². The SMILES string of the molecule is CC.CC.CC.CC.Cc1ccc(-c2cc(C)cc(C)c2)cc1.Cc1ccc(-c2ccc(C)c(C)c2)cc1. The van der Waals surface area contributed by atoms with Crippen LogP contribution in [0.5, 0.6) is 0 Å². The smallest absolute Gasteiger partial charge is 0.0179 e. The van der Waals surface area contributed by atoms with E-state index in [0.717, 1.165) is 0 Å². The van der Waals surface area contributed by atoms with Crippen molar-refractivity contribution in [3.63, 3.8) is 0 Å². The Morgan fingerprint density at radius 2 is 0.605 bits per heavy atom. The second-order valence-electron chi connectivity index (χ2n) is 8.41. The molecule has 38 heavy (non-hydrogen) atoms. The maximum Gasteiger partial charge on any atom is -0.0179 e. The Morgan fingerprint density at radius 1 is 0.263 bits per heavy atom. The molecule has 0 radical (unpaired) electrons. The van der Waals surface area contributed by atoms with Crippen LogP contribution in [-0.4, -0.2) is 0 Å². The Hall–Kier alpha value is -3.12. The minimum atomic E-state index is 1.30. The van der Waals surface area contributed by atoms with E-state index >= 15 is 0 Å². The van der Waals surface area contributed by atoms with Crippen molar-refractivity contribution < 1.29 is 0 Å². The molecule has 0 atom stereocenters. The van der Waals surface area contributed by atoms with Gasteiger partial charge in [-0.05, 0) is 74.9 Å². The van der Waals surface area contributed by atoms with Gasteiger partial charge in [-0.3, -0.25) is 0 Å². The average molecular weight is 513 g/mol. The van der Waals surface area contributed by atoms with Gasteiger partial charge in [0.2, 0.25) is 0 Å². The lowest BCUT2D eigenvalue weighted by molar-refractivity contribution is 1.34. The highest BCUT2D eigenvalue weighted by Gasteiger charge is 2.00. The van der Waals surface area contributed by atoms with E-state index in [2.05, 4.69) is 126 Å². The molecular weight excluding hydrogens is 456 g/mol. The van der Waals surface area contributed by atoms with E-state index in [4.69, 9.17) is 0 Å². The summed E-state index contributed by atoms with van der Waals surface area (Å²) in [5.41, 5.74) is 13.2. The molecule has 0 bridgehead atoms. The molecule has 0 amide bonds. The summed E-state index contributed by atoms with van der Waals surface area (Å²) in [6.45, 7) is 28.8. The molecule has 0 heteroatoms. The molecule has 208 valence electrons. The minimum Gasteiger partial charge on any atom is -0.0683 e. The first-order chi connectivity index (χ1) is 18.3. The summed E-state index contributed by atoms with van der Waals surface area (Å²) in [5.74, 6) is 0. The summed E-state index contributed by atoms with van der Waals surface area (Å²) in [6, 6.07) is 30.7. The van der Waals surface area contributed by atoms with Gasteiger partial charge in [-0.15, -0.1) is 0 Å². The van der Waals surface area contributed by atoms with E-state index in [1.807, 2.05) is 55.4 Å². The first kappa shape index (κ1) is 37.0. The highest BCUT2D eigenvalue weighted by Crippen LogP contribution is 2.23. The van der Waals surface area contributed by atoms with Gasteiger partial charge >= 0.3 is 0 Å². The highest BCUT2D eigenvalue weighted by molar-refractivity contribution is 5.66. The van der Waals surface area contributed by atoms with Crippen LogP contribution in [0.15, 0.2) is 84.9 Å². The van der Waals surface area contributed by atoms with E-state index < -0.39 is 0 Å². The Balaban J connectivity index is 0. The van der Waals surface area contributed by atoms with Crippen molar-refractivity contribution in [2.24, 2.45) is 0 Å². The monoisotopic (exact) mass is 512 g/mol. The summed E-state index contributed by atoms with van der Waals surface area (Å²) >= 11 is 0. The summed E-state index contributed by atoms with van der Waals surface area (Å²) in [7, 11) is 0. The van der Waals surface area contributed by atoms with Crippen molar-refractivity contribution >= 4 is 0 Å². The zero-order valence-electron chi connectivity index (χ0n) is 27.1. The van der Waals surface area contributed by atoms with Crippen LogP contribution in [0.4, 0.5) is 0 Å². The summed E-state index contributed by atoms with van der Waals surface area (Å²) in [5, 5.41) is 0. The number of hydrogen-bond donors (Lipinski definition) is 0. The van der Waals surface area contributed by atoms with E-state index in [0.29, 0.717) is 0 Å². The van der Waals surface area contributed by atoms with Crippen LogP contribution in [0.25, 0.3) is 22.3 Å². The number of rotatable bonds is 2. The van der Waals surface area contributed by atoms with Gasteiger partial charge < -0.3 is 0 Å². The Labute approximate surface area is 237 Å². The van der Waals surface area contributed by atoms with E-state index in [9.17, 15) is 0 Å². The van der Waals surface area contributed by atoms with Gasteiger partial charge in [0.25, 0.3) is 0 Å². The molecular formula is C38H56. The molecule has 0 aliphatic carbocycles. The van der Waals surface area contributed by atoms with Crippen molar-refractivity contribution in [3.05, 3.63) is 118 Å². The molecule has 0 aromatic heterocycles. The molecule has 0 aliphatic rings. The highest BCUT2D eigenvalue weighted by atomic mass is 14.0.